The molecule has 2 amide bonds. The van der Waals surface area contributed by atoms with Crippen molar-refractivity contribution in [2.45, 2.75) is 24.2 Å². The highest BCUT2D eigenvalue weighted by atomic mass is 79.9. The summed E-state index contributed by atoms with van der Waals surface area (Å²) in [5, 5.41) is 7.39. The SMILES string of the molecule is O=C(NC/C=C1\CCCc2cnn(-c3ncc(Br)cn3)c21)NS(=O)(=O)c1ccc(Cl)cc1. The van der Waals surface area contributed by atoms with E-state index in [1.807, 2.05) is 10.8 Å². The average molecular weight is 538 g/mol. The zero-order valence-corrected chi connectivity index (χ0v) is 19.8. The van der Waals surface area contributed by atoms with Gasteiger partial charge in [-0.2, -0.15) is 9.78 Å². The molecule has 0 radical (unpaired) electrons. The molecular weight excluding hydrogens is 520 g/mol. The number of halogens is 2. The van der Waals surface area contributed by atoms with Crippen molar-refractivity contribution in [1.82, 2.24) is 29.8 Å². The molecule has 2 aromatic heterocycles. The summed E-state index contributed by atoms with van der Waals surface area (Å²) < 4.78 is 29.1. The molecule has 0 saturated heterocycles. The second-order valence-corrected chi connectivity index (χ2v) is 10.0. The maximum Gasteiger partial charge on any atom is 0.328 e. The maximum atomic E-state index is 12.3. The van der Waals surface area contributed by atoms with Crippen LogP contribution in [0.1, 0.15) is 24.1 Å². The molecule has 32 heavy (non-hydrogen) atoms. The number of hydrogen-bond donors (Lipinski definition) is 2. The monoisotopic (exact) mass is 536 g/mol. The lowest BCUT2D eigenvalue weighted by molar-refractivity contribution is 0.247. The van der Waals surface area contributed by atoms with Crippen LogP contribution in [-0.2, 0) is 16.4 Å². The molecule has 9 nitrogen and oxygen atoms in total. The van der Waals surface area contributed by atoms with E-state index < -0.39 is 16.1 Å². The highest BCUT2D eigenvalue weighted by Gasteiger charge is 2.22. The summed E-state index contributed by atoms with van der Waals surface area (Å²) in [4.78, 5) is 20.7. The Labute approximate surface area is 198 Å². The zero-order chi connectivity index (χ0) is 22.7. The predicted molar refractivity (Wildman–Crippen MR) is 123 cm³/mol. The molecule has 12 heteroatoms. The lowest BCUT2D eigenvalue weighted by Crippen LogP contribution is -2.39. The minimum Gasteiger partial charge on any atom is -0.334 e. The molecule has 3 aromatic rings. The normalized spacial score (nSPS) is 14.8. The van der Waals surface area contributed by atoms with Crippen LogP contribution in [0.4, 0.5) is 4.79 Å². The average Bonchev–Trinajstić information content (AvgIpc) is 3.19. The zero-order valence-electron chi connectivity index (χ0n) is 16.6. The van der Waals surface area contributed by atoms with Crippen molar-refractivity contribution in [2.24, 2.45) is 0 Å². The van der Waals surface area contributed by atoms with Gasteiger partial charge in [0.1, 0.15) is 0 Å². The maximum absolute atomic E-state index is 12.3. The van der Waals surface area contributed by atoms with Gasteiger partial charge in [0.25, 0.3) is 16.0 Å². The van der Waals surface area contributed by atoms with Crippen molar-refractivity contribution in [3.05, 3.63) is 69.7 Å². The van der Waals surface area contributed by atoms with Crippen molar-refractivity contribution in [1.29, 1.82) is 0 Å². The molecular formula is C20H18BrClN6O3S. The minimum atomic E-state index is -3.99. The molecule has 0 spiro atoms. The largest absolute Gasteiger partial charge is 0.334 e. The molecule has 2 heterocycles. The van der Waals surface area contributed by atoms with Crippen molar-refractivity contribution >= 4 is 49.2 Å². The van der Waals surface area contributed by atoms with Crippen LogP contribution in [0.5, 0.6) is 0 Å². The predicted octanol–water partition coefficient (Wildman–Crippen LogP) is 3.49. The van der Waals surface area contributed by atoms with Crippen LogP contribution < -0.4 is 10.0 Å². The molecule has 1 aromatic carbocycles. The van der Waals surface area contributed by atoms with Gasteiger partial charge in [0.15, 0.2) is 0 Å². The number of aryl methyl sites for hydroxylation is 1. The number of fused-ring (bicyclic) bond motifs is 1. The number of nitrogens with zero attached hydrogens (tertiary/aromatic N) is 4. The summed E-state index contributed by atoms with van der Waals surface area (Å²) in [6, 6.07) is 4.72. The van der Waals surface area contributed by atoms with E-state index in [-0.39, 0.29) is 11.4 Å². The van der Waals surface area contributed by atoms with Gasteiger partial charge in [-0.3, -0.25) is 0 Å². The number of nitrogens with one attached hydrogen (secondary N) is 2. The summed E-state index contributed by atoms with van der Waals surface area (Å²) in [5.41, 5.74) is 2.95. The van der Waals surface area contributed by atoms with Crippen molar-refractivity contribution in [2.75, 3.05) is 6.54 Å². The van der Waals surface area contributed by atoms with Gasteiger partial charge in [0, 0.05) is 24.0 Å². The van der Waals surface area contributed by atoms with E-state index >= 15 is 0 Å². The lowest BCUT2D eigenvalue weighted by atomic mass is 9.93. The van der Waals surface area contributed by atoms with Crippen LogP contribution in [0.25, 0.3) is 11.5 Å². The van der Waals surface area contributed by atoms with E-state index in [9.17, 15) is 13.2 Å². The Bertz CT molecular complexity index is 1270. The topological polar surface area (TPSA) is 119 Å². The first-order chi connectivity index (χ1) is 15.3. The number of carbonyl (C=O) groups is 1. The van der Waals surface area contributed by atoms with Crippen LogP contribution >= 0.6 is 27.5 Å². The van der Waals surface area contributed by atoms with Crippen LogP contribution in [0.15, 0.2) is 58.3 Å². The molecule has 0 fully saturated rings. The molecule has 1 aliphatic rings. The standard InChI is InChI=1S/C20H18BrClN6O3S/c21-15-11-24-19(25-12-15)28-18-13(2-1-3-14(18)10-26-28)8-9-23-20(29)27-32(30,31)17-6-4-16(22)5-7-17/h4-8,10-12H,1-3,9H2,(H2,23,27,29)/b13-8+. The van der Waals surface area contributed by atoms with Crippen molar-refractivity contribution in [3.63, 3.8) is 0 Å². The van der Waals surface area contributed by atoms with Crippen LogP contribution in [0.3, 0.4) is 0 Å². The van der Waals surface area contributed by atoms with Gasteiger partial charge in [-0.15, -0.1) is 0 Å². The fourth-order valence-corrected chi connectivity index (χ4v) is 4.62. The van der Waals surface area contributed by atoms with Crippen LogP contribution in [0.2, 0.25) is 5.02 Å². The molecule has 0 aliphatic heterocycles. The van der Waals surface area contributed by atoms with Gasteiger partial charge in [0.2, 0.25) is 0 Å². The first kappa shape index (κ1) is 22.4. The Hall–Kier alpha value is -2.76. The van der Waals surface area contributed by atoms with Crippen molar-refractivity contribution < 1.29 is 13.2 Å². The number of aromatic nitrogens is 4. The molecule has 166 valence electrons. The summed E-state index contributed by atoms with van der Waals surface area (Å²) in [6.45, 7) is 0.142. The number of carbonyl (C=O) groups excluding carboxylic acids is 1. The number of benzene rings is 1. The third-order valence-corrected chi connectivity index (χ3v) is 6.81. The first-order valence-electron chi connectivity index (χ1n) is 9.64. The Kier molecular flexibility index (Phi) is 6.58. The fourth-order valence-electron chi connectivity index (χ4n) is 3.36. The number of amides is 2. The van der Waals surface area contributed by atoms with Crippen LogP contribution in [0, 0.1) is 0 Å². The fraction of sp³-hybridized carbons (Fsp3) is 0.200. The second kappa shape index (κ2) is 9.39. The first-order valence-corrected chi connectivity index (χ1v) is 12.3. The molecule has 0 saturated carbocycles. The van der Waals surface area contributed by atoms with E-state index in [0.717, 1.165) is 40.6 Å². The summed E-state index contributed by atoms with van der Waals surface area (Å²) in [6.07, 6.45) is 9.57. The molecule has 2 N–H and O–H groups in total. The van der Waals surface area contributed by atoms with E-state index in [1.165, 1.54) is 24.3 Å². The van der Waals surface area contributed by atoms with Gasteiger partial charge >= 0.3 is 6.03 Å². The number of hydrogen-bond acceptors (Lipinski definition) is 6. The third-order valence-electron chi connectivity index (χ3n) is 4.80. The number of urea groups is 1. The lowest BCUT2D eigenvalue weighted by Gasteiger charge is -2.17. The Morgan fingerprint density at radius 2 is 1.88 bits per heavy atom. The highest BCUT2D eigenvalue weighted by molar-refractivity contribution is 9.10. The van der Waals surface area contributed by atoms with Gasteiger partial charge in [-0.1, -0.05) is 17.7 Å². The summed E-state index contributed by atoms with van der Waals surface area (Å²) in [5.74, 6) is 0.446. The van der Waals surface area contributed by atoms with E-state index in [0.29, 0.717) is 11.0 Å². The molecule has 1 aliphatic carbocycles. The second-order valence-electron chi connectivity index (χ2n) is 6.98. The molecule has 4 rings (SSSR count). The van der Waals surface area contributed by atoms with Gasteiger partial charge in [0.05, 0.1) is 21.3 Å². The molecule has 0 atom stereocenters. The highest BCUT2D eigenvalue weighted by Crippen LogP contribution is 2.31. The Morgan fingerprint density at radius 3 is 2.59 bits per heavy atom. The van der Waals surface area contributed by atoms with E-state index in [2.05, 4.69) is 36.3 Å². The third kappa shape index (κ3) is 5.00. The summed E-state index contributed by atoms with van der Waals surface area (Å²) in [7, 11) is -3.99. The van der Waals surface area contributed by atoms with Gasteiger partial charge in [-0.05, 0) is 70.6 Å². The van der Waals surface area contributed by atoms with E-state index in [1.54, 1.807) is 23.3 Å². The smallest absolute Gasteiger partial charge is 0.328 e. The van der Waals surface area contributed by atoms with E-state index in [4.69, 9.17) is 11.6 Å². The number of allylic oxidation sites excluding steroid dienone is 1. The Balaban J connectivity index is 1.46. The number of sulfonamides is 1. The molecule has 0 bridgehead atoms. The van der Waals surface area contributed by atoms with Crippen molar-refractivity contribution in [3.8, 4) is 5.95 Å². The summed E-state index contributed by atoms with van der Waals surface area (Å²) >= 11 is 9.10. The minimum absolute atomic E-state index is 0.0503. The number of rotatable bonds is 5. The quantitative estimate of drug-likeness (QED) is 0.514. The van der Waals surface area contributed by atoms with Gasteiger partial charge in [-0.25, -0.2) is 27.9 Å². The van der Waals surface area contributed by atoms with Gasteiger partial charge < -0.3 is 5.32 Å². The van der Waals surface area contributed by atoms with Crippen LogP contribution in [-0.4, -0.2) is 40.7 Å². The Morgan fingerprint density at radius 1 is 1.16 bits per heavy atom. The molecule has 0 unspecified atom stereocenters.